The largest absolute Gasteiger partial charge is 0.456 e. The van der Waals surface area contributed by atoms with E-state index in [0.29, 0.717) is 5.56 Å². The van der Waals surface area contributed by atoms with Gasteiger partial charge in [0.2, 0.25) is 5.78 Å². The average molecular weight is 315 g/mol. The number of ether oxygens (including phenoxy) is 1. The maximum absolute atomic E-state index is 11.8. The Hall–Kier alpha value is -3.14. The number of carbonyl (C=O) groups is 3. The molecule has 1 amide bonds. The molecule has 0 fully saturated rings. The molecule has 0 spiro atoms. The molecule has 7 nitrogen and oxygen atoms in total. The van der Waals surface area contributed by atoms with E-state index < -0.39 is 24.3 Å². The third kappa shape index (κ3) is 5.63. The van der Waals surface area contributed by atoms with Crippen molar-refractivity contribution < 1.29 is 19.1 Å². The fourth-order valence-corrected chi connectivity index (χ4v) is 1.60. The first-order valence-corrected chi connectivity index (χ1v) is 6.75. The normalized spacial score (nSPS) is 11.0. The van der Waals surface area contributed by atoms with Crippen LogP contribution in [-0.4, -0.2) is 30.8 Å². The molecule has 0 aromatic heterocycles. The highest BCUT2D eigenvalue weighted by molar-refractivity contribution is 6.01. The molecule has 0 heterocycles. The van der Waals surface area contributed by atoms with Crippen LogP contribution < -0.4 is 11.1 Å². The molecule has 0 unspecified atom stereocenters. The molecule has 0 radical (unpaired) electrons. The lowest BCUT2D eigenvalue weighted by Crippen LogP contribution is -2.31. The molecule has 0 saturated carbocycles. The number of carbonyl (C=O) groups excluding carboxylic acids is 3. The predicted octanol–water partition coefficient (Wildman–Crippen LogP) is 0.593. The van der Waals surface area contributed by atoms with E-state index in [1.165, 1.54) is 6.92 Å². The molecule has 120 valence electrons. The Balaban J connectivity index is 2.45. The summed E-state index contributed by atoms with van der Waals surface area (Å²) in [7, 11) is 0. The van der Waals surface area contributed by atoms with Gasteiger partial charge in [0.15, 0.2) is 6.61 Å². The lowest BCUT2D eigenvalue weighted by molar-refractivity contribution is -0.145. The van der Waals surface area contributed by atoms with Crippen molar-refractivity contribution in [3.05, 3.63) is 46.7 Å². The van der Waals surface area contributed by atoms with Gasteiger partial charge in [-0.2, -0.15) is 5.26 Å². The van der Waals surface area contributed by atoms with Gasteiger partial charge in [-0.15, -0.1) is 0 Å². The number of nitrogens with zero attached hydrogens (tertiary/aromatic N) is 1. The quantitative estimate of drug-likeness (QED) is 0.450. The second-order valence-electron chi connectivity index (χ2n) is 4.80. The van der Waals surface area contributed by atoms with Crippen molar-refractivity contribution in [1.82, 2.24) is 5.32 Å². The van der Waals surface area contributed by atoms with E-state index in [1.807, 2.05) is 6.92 Å². The highest BCUT2D eigenvalue weighted by atomic mass is 16.5. The third-order valence-electron chi connectivity index (χ3n) is 2.86. The number of rotatable bonds is 6. The van der Waals surface area contributed by atoms with Crippen molar-refractivity contribution in [3.63, 3.8) is 0 Å². The van der Waals surface area contributed by atoms with E-state index in [4.69, 9.17) is 15.7 Å². The number of Topliss-reactive ketones (excluding diaryl/α,β-unsaturated/α-hetero) is 1. The molecular formula is C16H17N3O4. The van der Waals surface area contributed by atoms with E-state index in [-0.39, 0.29) is 17.8 Å². The second-order valence-corrected chi connectivity index (χ2v) is 4.80. The molecule has 0 bridgehead atoms. The first-order valence-electron chi connectivity index (χ1n) is 6.75. The van der Waals surface area contributed by atoms with Gasteiger partial charge in [-0.25, -0.2) is 0 Å². The summed E-state index contributed by atoms with van der Waals surface area (Å²) in [5, 5.41) is 11.1. The van der Waals surface area contributed by atoms with Gasteiger partial charge in [0, 0.05) is 11.3 Å². The number of allylic oxidation sites excluding steroid dienone is 1. The van der Waals surface area contributed by atoms with Crippen LogP contribution in [0, 0.1) is 18.3 Å². The Kier molecular flexibility index (Phi) is 6.49. The number of benzene rings is 1. The zero-order valence-corrected chi connectivity index (χ0v) is 12.9. The van der Waals surface area contributed by atoms with Gasteiger partial charge >= 0.3 is 5.97 Å². The fourth-order valence-electron chi connectivity index (χ4n) is 1.60. The summed E-state index contributed by atoms with van der Waals surface area (Å²) in [6.45, 7) is 2.31. The summed E-state index contributed by atoms with van der Waals surface area (Å²) in [5.74, 6) is -1.90. The molecular weight excluding hydrogens is 298 g/mol. The maximum atomic E-state index is 11.8. The predicted molar refractivity (Wildman–Crippen MR) is 82.0 cm³/mol. The average Bonchev–Trinajstić information content (AvgIpc) is 2.51. The van der Waals surface area contributed by atoms with Gasteiger partial charge in [0.25, 0.3) is 5.91 Å². The van der Waals surface area contributed by atoms with Crippen LogP contribution in [0.25, 0.3) is 0 Å². The second kappa shape index (κ2) is 8.34. The number of ketones is 1. The van der Waals surface area contributed by atoms with Gasteiger partial charge in [-0.1, -0.05) is 17.7 Å². The summed E-state index contributed by atoms with van der Waals surface area (Å²) in [5.41, 5.74) is 6.60. The van der Waals surface area contributed by atoms with Gasteiger partial charge in [-0.05, 0) is 26.0 Å². The first kappa shape index (κ1) is 17.9. The Morgan fingerprint density at radius 3 is 2.39 bits per heavy atom. The molecule has 1 rings (SSSR count). The number of nitriles is 1. The van der Waals surface area contributed by atoms with Crippen LogP contribution in [-0.2, 0) is 14.3 Å². The van der Waals surface area contributed by atoms with E-state index in [2.05, 4.69) is 5.32 Å². The summed E-state index contributed by atoms with van der Waals surface area (Å²) in [6.07, 6.45) is 0. The van der Waals surface area contributed by atoms with E-state index in [9.17, 15) is 14.4 Å². The fraction of sp³-hybridized carbons (Fsp3) is 0.250. The monoisotopic (exact) mass is 315 g/mol. The number of hydrogen-bond acceptors (Lipinski definition) is 6. The molecule has 0 aliphatic rings. The molecule has 1 aromatic rings. The van der Waals surface area contributed by atoms with Crippen LogP contribution in [0.15, 0.2) is 35.5 Å². The molecule has 0 aliphatic heterocycles. The summed E-state index contributed by atoms with van der Waals surface area (Å²) < 4.78 is 4.70. The zero-order chi connectivity index (χ0) is 17.4. The lowest BCUT2D eigenvalue weighted by atomic mass is 10.1. The minimum absolute atomic E-state index is 0.0567. The molecule has 3 N–H and O–H groups in total. The minimum atomic E-state index is -0.786. The van der Waals surface area contributed by atoms with Crippen LogP contribution in [0.2, 0.25) is 0 Å². The number of aryl methyl sites for hydroxylation is 1. The van der Waals surface area contributed by atoms with Gasteiger partial charge in [-0.3, -0.25) is 14.4 Å². The number of nitrogens with two attached hydrogens (primary N) is 1. The van der Waals surface area contributed by atoms with Crippen molar-refractivity contribution in [3.8, 4) is 6.07 Å². The van der Waals surface area contributed by atoms with E-state index >= 15 is 0 Å². The third-order valence-corrected chi connectivity index (χ3v) is 2.86. The summed E-state index contributed by atoms with van der Waals surface area (Å²) in [4.78, 5) is 34.9. The Morgan fingerprint density at radius 2 is 1.87 bits per heavy atom. The number of esters is 1. The molecule has 7 heteroatoms. The smallest absolute Gasteiger partial charge is 0.325 e. The van der Waals surface area contributed by atoms with Crippen molar-refractivity contribution in [2.75, 3.05) is 13.2 Å². The summed E-state index contributed by atoms with van der Waals surface area (Å²) in [6, 6.07) is 8.46. The molecule has 0 saturated heterocycles. The Morgan fingerprint density at radius 1 is 1.26 bits per heavy atom. The van der Waals surface area contributed by atoms with Gasteiger partial charge < -0.3 is 15.8 Å². The Labute approximate surface area is 133 Å². The van der Waals surface area contributed by atoms with E-state index in [1.54, 1.807) is 30.3 Å². The van der Waals surface area contributed by atoms with Gasteiger partial charge in [0.1, 0.15) is 18.2 Å². The van der Waals surface area contributed by atoms with Crippen LogP contribution in [0.3, 0.4) is 0 Å². The Bertz CT molecular complexity index is 680. The zero-order valence-electron chi connectivity index (χ0n) is 12.9. The van der Waals surface area contributed by atoms with Crippen molar-refractivity contribution in [1.29, 1.82) is 5.26 Å². The number of nitrogens with one attached hydrogen (secondary N) is 1. The lowest BCUT2D eigenvalue weighted by Gasteiger charge is -2.06. The first-order chi connectivity index (χ1) is 10.8. The number of amides is 1. The van der Waals surface area contributed by atoms with Crippen LogP contribution in [0.4, 0.5) is 0 Å². The summed E-state index contributed by atoms with van der Waals surface area (Å²) >= 11 is 0. The van der Waals surface area contributed by atoms with Gasteiger partial charge in [0.05, 0.1) is 0 Å². The van der Waals surface area contributed by atoms with Crippen LogP contribution in [0.5, 0.6) is 0 Å². The molecule has 0 aliphatic carbocycles. The molecule has 0 atom stereocenters. The maximum Gasteiger partial charge on any atom is 0.325 e. The minimum Gasteiger partial charge on any atom is -0.456 e. The van der Waals surface area contributed by atoms with Crippen molar-refractivity contribution in [2.45, 2.75) is 13.8 Å². The molecule has 23 heavy (non-hydrogen) atoms. The van der Waals surface area contributed by atoms with Crippen molar-refractivity contribution >= 4 is 17.7 Å². The van der Waals surface area contributed by atoms with E-state index in [0.717, 1.165) is 5.56 Å². The topological polar surface area (TPSA) is 122 Å². The highest BCUT2D eigenvalue weighted by Gasteiger charge is 2.15. The molecule has 1 aromatic carbocycles. The standard InChI is InChI=1S/C16H17N3O4/c1-10-3-5-12(6-4-10)16(22)19-8-15(21)23-9-14(20)13(7-17)11(2)18/h3-6H,8-9,18H2,1-2H3,(H,19,22)/b13-11+. The van der Waals surface area contributed by atoms with Crippen molar-refractivity contribution in [2.24, 2.45) is 5.73 Å². The SMILES string of the molecule is C/C(N)=C(/C#N)C(=O)COC(=O)CNC(=O)c1ccc(C)cc1. The van der Waals surface area contributed by atoms with Crippen LogP contribution in [0.1, 0.15) is 22.8 Å². The van der Waals surface area contributed by atoms with Crippen LogP contribution >= 0.6 is 0 Å². The number of hydrogen-bond donors (Lipinski definition) is 2. The highest BCUT2D eigenvalue weighted by Crippen LogP contribution is 2.03.